The predicted octanol–water partition coefficient (Wildman–Crippen LogP) is 3.98. The molecule has 30 heavy (non-hydrogen) atoms. The molecule has 1 saturated heterocycles. The number of hydrogen-bond donors (Lipinski definition) is 1. The lowest BCUT2D eigenvalue weighted by molar-refractivity contribution is 0.0670. The van der Waals surface area contributed by atoms with E-state index in [2.05, 4.69) is 10.4 Å². The summed E-state index contributed by atoms with van der Waals surface area (Å²) in [5.41, 5.74) is 4.47. The molecule has 1 aliphatic rings. The number of aromatic nitrogens is 2. The Kier molecular flexibility index (Phi) is 6.14. The molecule has 1 atom stereocenters. The van der Waals surface area contributed by atoms with Crippen molar-refractivity contribution in [2.75, 3.05) is 13.2 Å². The van der Waals surface area contributed by atoms with E-state index in [0.29, 0.717) is 24.5 Å². The van der Waals surface area contributed by atoms with Crippen molar-refractivity contribution in [3.05, 3.63) is 77.1 Å². The summed E-state index contributed by atoms with van der Waals surface area (Å²) in [5, 5.41) is 7.68. The van der Waals surface area contributed by atoms with Crippen LogP contribution < -0.4 is 10.1 Å². The fourth-order valence-corrected chi connectivity index (χ4v) is 3.75. The topological polar surface area (TPSA) is 65.4 Å². The number of aryl methyl sites for hydroxylation is 1. The Morgan fingerprint density at radius 2 is 1.93 bits per heavy atom. The van der Waals surface area contributed by atoms with Gasteiger partial charge in [-0.05, 0) is 51.0 Å². The van der Waals surface area contributed by atoms with Crippen molar-refractivity contribution in [2.45, 2.75) is 39.3 Å². The van der Waals surface area contributed by atoms with Crippen molar-refractivity contribution in [1.29, 1.82) is 0 Å². The maximum absolute atomic E-state index is 12.9. The fraction of sp³-hybridized carbons (Fsp3) is 0.333. The van der Waals surface area contributed by atoms with Crippen LogP contribution in [0.5, 0.6) is 5.75 Å². The van der Waals surface area contributed by atoms with E-state index in [4.69, 9.17) is 9.47 Å². The first-order valence-electron chi connectivity index (χ1n) is 10.4. The van der Waals surface area contributed by atoms with E-state index in [1.807, 2.05) is 67.1 Å². The highest BCUT2D eigenvalue weighted by atomic mass is 16.5. The molecule has 1 aliphatic heterocycles. The van der Waals surface area contributed by atoms with Crippen LogP contribution in [0.3, 0.4) is 0 Å². The van der Waals surface area contributed by atoms with Gasteiger partial charge < -0.3 is 14.8 Å². The zero-order valence-corrected chi connectivity index (χ0v) is 17.4. The summed E-state index contributed by atoms with van der Waals surface area (Å²) in [5.74, 6) is 0.420. The SMILES string of the molecule is Cc1nn(-c2ccccc2)c(C)c1CNC(=O)c1ccccc1OCC1CCCO1. The van der Waals surface area contributed by atoms with Crippen LogP contribution in [-0.4, -0.2) is 35.0 Å². The van der Waals surface area contributed by atoms with E-state index in [1.165, 1.54) is 0 Å². The molecule has 0 aliphatic carbocycles. The normalized spacial score (nSPS) is 15.9. The number of hydrogen-bond acceptors (Lipinski definition) is 4. The molecule has 2 aromatic carbocycles. The summed E-state index contributed by atoms with van der Waals surface area (Å²) < 4.78 is 13.4. The van der Waals surface area contributed by atoms with Gasteiger partial charge in [0.15, 0.2) is 0 Å². The van der Waals surface area contributed by atoms with Gasteiger partial charge in [-0.25, -0.2) is 4.68 Å². The molecule has 3 aromatic rings. The fourth-order valence-electron chi connectivity index (χ4n) is 3.75. The molecular weight excluding hydrogens is 378 g/mol. The maximum Gasteiger partial charge on any atom is 0.255 e. The lowest BCUT2D eigenvalue weighted by Crippen LogP contribution is -2.25. The standard InChI is InChI=1S/C24H27N3O3/c1-17-22(18(2)27(26-17)19-9-4-3-5-10-19)15-25-24(28)21-12-6-7-13-23(21)30-16-20-11-8-14-29-20/h3-7,9-10,12-13,20H,8,11,14-16H2,1-2H3,(H,25,28). The van der Waals surface area contributed by atoms with Crippen LogP contribution in [0.15, 0.2) is 54.6 Å². The van der Waals surface area contributed by atoms with Crippen molar-refractivity contribution < 1.29 is 14.3 Å². The van der Waals surface area contributed by atoms with Crippen LogP contribution in [0, 0.1) is 13.8 Å². The van der Waals surface area contributed by atoms with Crippen LogP contribution >= 0.6 is 0 Å². The number of para-hydroxylation sites is 2. The minimum atomic E-state index is -0.163. The van der Waals surface area contributed by atoms with Crippen molar-refractivity contribution >= 4 is 5.91 Å². The molecule has 1 amide bonds. The highest BCUT2D eigenvalue weighted by Gasteiger charge is 2.19. The van der Waals surface area contributed by atoms with E-state index in [9.17, 15) is 4.79 Å². The molecule has 1 fully saturated rings. The smallest absolute Gasteiger partial charge is 0.255 e. The molecule has 0 saturated carbocycles. The number of carbonyl (C=O) groups excluding carboxylic acids is 1. The number of ether oxygens (including phenoxy) is 2. The monoisotopic (exact) mass is 405 g/mol. The number of rotatable bonds is 7. The summed E-state index contributed by atoms with van der Waals surface area (Å²) in [4.78, 5) is 12.9. The molecule has 0 bridgehead atoms. The quantitative estimate of drug-likeness (QED) is 0.646. The zero-order valence-electron chi connectivity index (χ0n) is 17.4. The van der Waals surface area contributed by atoms with Crippen molar-refractivity contribution in [2.24, 2.45) is 0 Å². The van der Waals surface area contributed by atoms with Crippen LogP contribution in [0.4, 0.5) is 0 Å². The molecule has 1 aromatic heterocycles. The number of amides is 1. The van der Waals surface area contributed by atoms with Gasteiger partial charge in [0.2, 0.25) is 0 Å². The Morgan fingerprint density at radius 3 is 2.70 bits per heavy atom. The second-order valence-corrected chi connectivity index (χ2v) is 7.52. The largest absolute Gasteiger partial charge is 0.490 e. The molecule has 0 radical (unpaired) electrons. The summed E-state index contributed by atoms with van der Waals surface area (Å²) in [6, 6.07) is 17.3. The predicted molar refractivity (Wildman–Crippen MR) is 115 cm³/mol. The van der Waals surface area contributed by atoms with E-state index in [1.54, 1.807) is 6.07 Å². The molecule has 0 spiro atoms. The third-order valence-electron chi connectivity index (χ3n) is 5.45. The Labute approximate surface area is 176 Å². The first-order chi connectivity index (χ1) is 14.6. The second kappa shape index (κ2) is 9.13. The Balaban J connectivity index is 1.45. The van der Waals surface area contributed by atoms with Gasteiger partial charge in [-0.15, -0.1) is 0 Å². The molecule has 156 valence electrons. The van der Waals surface area contributed by atoms with Crippen molar-refractivity contribution in [3.8, 4) is 11.4 Å². The van der Waals surface area contributed by atoms with Crippen LogP contribution in [0.2, 0.25) is 0 Å². The Bertz CT molecular complexity index is 1010. The average molecular weight is 405 g/mol. The van der Waals surface area contributed by atoms with E-state index in [-0.39, 0.29) is 12.0 Å². The van der Waals surface area contributed by atoms with Gasteiger partial charge in [-0.3, -0.25) is 4.79 Å². The molecule has 2 heterocycles. The maximum atomic E-state index is 12.9. The number of benzene rings is 2. The highest BCUT2D eigenvalue weighted by molar-refractivity contribution is 5.96. The third-order valence-corrected chi connectivity index (χ3v) is 5.45. The van der Waals surface area contributed by atoms with Crippen molar-refractivity contribution in [1.82, 2.24) is 15.1 Å². The first kappa shape index (κ1) is 20.2. The van der Waals surface area contributed by atoms with E-state index < -0.39 is 0 Å². The average Bonchev–Trinajstić information content (AvgIpc) is 3.39. The lowest BCUT2D eigenvalue weighted by atomic mass is 10.1. The summed E-state index contributed by atoms with van der Waals surface area (Å²) >= 11 is 0. The molecule has 6 heteroatoms. The van der Waals surface area contributed by atoms with Gasteiger partial charge in [0, 0.05) is 24.4 Å². The van der Waals surface area contributed by atoms with Gasteiger partial charge in [-0.1, -0.05) is 30.3 Å². The number of carbonyl (C=O) groups is 1. The summed E-state index contributed by atoms with van der Waals surface area (Å²) in [7, 11) is 0. The van der Waals surface area contributed by atoms with Gasteiger partial charge >= 0.3 is 0 Å². The van der Waals surface area contributed by atoms with Gasteiger partial charge in [0.1, 0.15) is 12.4 Å². The minimum Gasteiger partial charge on any atom is -0.490 e. The van der Waals surface area contributed by atoms with Gasteiger partial charge in [0.25, 0.3) is 5.91 Å². The molecule has 6 nitrogen and oxygen atoms in total. The molecule has 4 rings (SSSR count). The van der Waals surface area contributed by atoms with Gasteiger partial charge in [-0.2, -0.15) is 5.10 Å². The third kappa shape index (κ3) is 4.39. The number of nitrogens with one attached hydrogen (secondary N) is 1. The summed E-state index contributed by atoms with van der Waals surface area (Å²) in [6.07, 6.45) is 2.17. The van der Waals surface area contributed by atoms with Crippen molar-refractivity contribution in [3.63, 3.8) is 0 Å². The van der Waals surface area contributed by atoms with E-state index >= 15 is 0 Å². The Hall–Kier alpha value is -3.12. The Morgan fingerprint density at radius 1 is 1.17 bits per heavy atom. The second-order valence-electron chi connectivity index (χ2n) is 7.52. The van der Waals surface area contributed by atoms with Crippen LogP contribution in [-0.2, 0) is 11.3 Å². The van der Waals surface area contributed by atoms with Gasteiger partial charge in [0.05, 0.1) is 23.0 Å². The molecule has 1 N–H and O–H groups in total. The van der Waals surface area contributed by atoms with E-state index in [0.717, 1.165) is 42.1 Å². The van der Waals surface area contributed by atoms with Crippen LogP contribution in [0.25, 0.3) is 5.69 Å². The first-order valence-corrected chi connectivity index (χ1v) is 10.4. The minimum absolute atomic E-state index is 0.107. The lowest BCUT2D eigenvalue weighted by Gasteiger charge is -2.14. The number of nitrogens with zero attached hydrogens (tertiary/aromatic N) is 2. The van der Waals surface area contributed by atoms with Crippen LogP contribution in [0.1, 0.15) is 40.2 Å². The molecular formula is C24H27N3O3. The zero-order chi connectivity index (χ0) is 20.9. The highest BCUT2D eigenvalue weighted by Crippen LogP contribution is 2.22. The molecule has 1 unspecified atom stereocenters. The summed E-state index contributed by atoms with van der Waals surface area (Å²) in [6.45, 7) is 5.64.